The van der Waals surface area contributed by atoms with E-state index in [-0.39, 0.29) is 0 Å². The fraction of sp³-hybridized carbons (Fsp3) is 0. The lowest BCUT2D eigenvalue weighted by atomic mass is 9.98. The van der Waals surface area contributed by atoms with Gasteiger partial charge in [-0.15, -0.1) is 0 Å². The van der Waals surface area contributed by atoms with Crippen LogP contribution in [0.25, 0.3) is 99.3 Å². The van der Waals surface area contributed by atoms with Gasteiger partial charge in [0.15, 0.2) is 0 Å². The topological polar surface area (TPSA) is 35.6 Å². The van der Waals surface area contributed by atoms with Crippen LogP contribution in [-0.2, 0) is 0 Å². The van der Waals surface area contributed by atoms with Crippen LogP contribution in [0, 0.1) is 0 Å². The van der Waals surface area contributed by atoms with E-state index in [2.05, 4.69) is 191 Å². The zero-order valence-corrected chi connectivity index (χ0v) is 28.1. The number of fused-ring (bicyclic) bond motifs is 8. The average Bonchev–Trinajstić information content (AvgIpc) is 3.72. The molecule has 11 aromatic rings. The summed E-state index contributed by atoms with van der Waals surface area (Å²) >= 11 is 0. The Bertz CT molecular complexity index is 3170. The molecule has 0 saturated heterocycles. The van der Waals surface area contributed by atoms with E-state index in [1.54, 1.807) is 0 Å². The van der Waals surface area contributed by atoms with E-state index >= 15 is 0 Å². The molecule has 3 aromatic heterocycles. The van der Waals surface area contributed by atoms with Crippen LogP contribution in [0.3, 0.4) is 0 Å². The summed E-state index contributed by atoms with van der Waals surface area (Å²) in [5.74, 6) is 0.651. The van der Waals surface area contributed by atoms with Crippen LogP contribution in [0.5, 0.6) is 0 Å². The van der Waals surface area contributed by atoms with Gasteiger partial charge in [0.05, 0.1) is 33.3 Å². The summed E-state index contributed by atoms with van der Waals surface area (Å²) in [6.07, 6.45) is 0. The highest BCUT2D eigenvalue weighted by atomic mass is 15.2. The van der Waals surface area contributed by atoms with Crippen LogP contribution in [0.1, 0.15) is 0 Å². The van der Waals surface area contributed by atoms with Gasteiger partial charge in [-0.2, -0.15) is 0 Å². The van der Waals surface area contributed by atoms with E-state index in [9.17, 15) is 0 Å². The van der Waals surface area contributed by atoms with Crippen LogP contribution in [0.2, 0.25) is 0 Å². The lowest BCUT2D eigenvalue weighted by Crippen LogP contribution is -2.04. The van der Waals surface area contributed by atoms with E-state index < -0.39 is 0 Å². The maximum atomic E-state index is 5.58. The highest BCUT2D eigenvalue weighted by Crippen LogP contribution is 2.41. The molecule has 3 heterocycles. The summed E-state index contributed by atoms with van der Waals surface area (Å²) in [5.41, 5.74) is 10.8. The molecular weight excluding hydrogens is 633 g/mol. The van der Waals surface area contributed by atoms with Gasteiger partial charge in [0.2, 0.25) is 5.95 Å². The molecule has 0 aliphatic heterocycles. The van der Waals surface area contributed by atoms with Crippen molar-refractivity contribution in [2.75, 3.05) is 0 Å². The SMILES string of the molecule is c1ccc(-c2ccc3c(-c4cccc5c4c4ccccc4n5-c4ccccc4)nc(-n4c5ccccc5c5cc6ccccc6cc54)nc3c2)cc1. The molecule has 0 bridgehead atoms. The Morgan fingerprint density at radius 1 is 0.365 bits per heavy atom. The molecule has 0 radical (unpaired) electrons. The Kier molecular flexibility index (Phi) is 6.22. The number of para-hydroxylation sites is 3. The van der Waals surface area contributed by atoms with Gasteiger partial charge in [-0.1, -0.05) is 127 Å². The van der Waals surface area contributed by atoms with E-state index in [1.807, 2.05) is 0 Å². The summed E-state index contributed by atoms with van der Waals surface area (Å²) < 4.78 is 4.62. The minimum absolute atomic E-state index is 0.651. The summed E-state index contributed by atoms with van der Waals surface area (Å²) in [5, 5.41) is 8.14. The fourth-order valence-electron chi connectivity index (χ4n) is 8.18. The zero-order chi connectivity index (χ0) is 34.2. The minimum atomic E-state index is 0.651. The van der Waals surface area contributed by atoms with Crippen molar-refractivity contribution < 1.29 is 0 Å². The molecule has 0 spiro atoms. The smallest absolute Gasteiger partial charge is 0.235 e. The van der Waals surface area contributed by atoms with Gasteiger partial charge in [-0.25, -0.2) is 9.97 Å². The van der Waals surface area contributed by atoms with Crippen molar-refractivity contribution in [1.29, 1.82) is 0 Å². The lowest BCUT2D eigenvalue weighted by molar-refractivity contribution is 1.01. The zero-order valence-electron chi connectivity index (χ0n) is 28.1. The molecule has 0 unspecified atom stereocenters. The standard InChI is InChI=1S/C48H30N4/c1-3-14-31(15-4-1)34-26-27-37-41(29-34)49-48(52-42-23-11-9-20-36(42)40-28-32-16-7-8-17-33(32)30-45(40)52)50-47(37)39-22-13-25-44-46(39)38-21-10-12-24-43(38)51(44)35-18-5-2-6-19-35/h1-30H. The van der Waals surface area contributed by atoms with E-state index in [4.69, 9.17) is 9.97 Å². The molecule has 0 aliphatic rings. The van der Waals surface area contributed by atoms with Gasteiger partial charge in [-0.05, 0) is 76.5 Å². The highest BCUT2D eigenvalue weighted by molar-refractivity contribution is 6.18. The predicted molar refractivity (Wildman–Crippen MR) is 217 cm³/mol. The predicted octanol–water partition coefficient (Wildman–Crippen LogP) is 12.3. The first kappa shape index (κ1) is 28.8. The third-order valence-corrected chi connectivity index (χ3v) is 10.5. The van der Waals surface area contributed by atoms with Gasteiger partial charge in [0.25, 0.3) is 0 Å². The maximum absolute atomic E-state index is 5.58. The summed E-state index contributed by atoms with van der Waals surface area (Å²) in [6, 6.07) is 64.8. The average molecular weight is 663 g/mol. The number of benzene rings is 8. The Hall–Kier alpha value is -7.04. The molecule has 0 atom stereocenters. The minimum Gasteiger partial charge on any atom is -0.309 e. The molecule has 0 aliphatic carbocycles. The number of nitrogens with zero attached hydrogens (tertiary/aromatic N) is 4. The Morgan fingerprint density at radius 2 is 1.02 bits per heavy atom. The van der Waals surface area contributed by atoms with Gasteiger partial charge in [-0.3, -0.25) is 4.57 Å². The first-order valence-corrected chi connectivity index (χ1v) is 17.7. The van der Waals surface area contributed by atoms with E-state index in [1.165, 1.54) is 32.3 Å². The molecule has 0 fully saturated rings. The van der Waals surface area contributed by atoms with Crippen molar-refractivity contribution in [3.8, 4) is 34.0 Å². The van der Waals surface area contributed by atoms with E-state index in [0.717, 1.165) is 61.0 Å². The molecule has 4 nitrogen and oxygen atoms in total. The Morgan fingerprint density at radius 3 is 1.83 bits per heavy atom. The first-order chi connectivity index (χ1) is 25.8. The van der Waals surface area contributed by atoms with Crippen LogP contribution < -0.4 is 0 Å². The second-order valence-electron chi connectivity index (χ2n) is 13.4. The molecule has 11 rings (SSSR count). The second kappa shape index (κ2) is 11.2. The molecule has 0 saturated carbocycles. The second-order valence-corrected chi connectivity index (χ2v) is 13.4. The van der Waals surface area contributed by atoms with Crippen LogP contribution >= 0.6 is 0 Å². The van der Waals surface area contributed by atoms with Gasteiger partial charge >= 0.3 is 0 Å². The largest absolute Gasteiger partial charge is 0.309 e. The quantitative estimate of drug-likeness (QED) is 0.188. The van der Waals surface area contributed by atoms with Crippen molar-refractivity contribution in [3.05, 3.63) is 182 Å². The van der Waals surface area contributed by atoms with E-state index in [0.29, 0.717) is 5.95 Å². The third-order valence-electron chi connectivity index (χ3n) is 10.5. The number of hydrogen-bond acceptors (Lipinski definition) is 2. The van der Waals surface area contributed by atoms with Crippen LogP contribution in [0.15, 0.2) is 182 Å². The molecule has 0 amide bonds. The first-order valence-electron chi connectivity index (χ1n) is 17.7. The third kappa shape index (κ3) is 4.28. The molecule has 52 heavy (non-hydrogen) atoms. The Labute approximate surface area is 299 Å². The van der Waals surface area contributed by atoms with Gasteiger partial charge in [0, 0.05) is 38.2 Å². The maximum Gasteiger partial charge on any atom is 0.235 e. The van der Waals surface area contributed by atoms with Crippen LogP contribution in [-0.4, -0.2) is 19.1 Å². The van der Waals surface area contributed by atoms with Crippen molar-refractivity contribution in [2.24, 2.45) is 0 Å². The number of rotatable bonds is 4. The summed E-state index contributed by atoms with van der Waals surface area (Å²) in [7, 11) is 0. The molecule has 4 heteroatoms. The molecular formula is C48H30N4. The molecule has 0 N–H and O–H groups in total. The summed E-state index contributed by atoms with van der Waals surface area (Å²) in [4.78, 5) is 11.0. The summed E-state index contributed by atoms with van der Waals surface area (Å²) in [6.45, 7) is 0. The van der Waals surface area contributed by atoms with Gasteiger partial charge in [0.1, 0.15) is 0 Å². The van der Waals surface area contributed by atoms with Crippen molar-refractivity contribution in [3.63, 3.8) is 0 Å². The van der Waals surface area contributed by atoms with Crippen LogP contribution in [0.4, 0.5) is 0 Å². The monoisotopic (exact) mass is 662 g/mol. The number of hydrogen-bond donors (Lipinski definition) is 0. The molecule has 8 aromatic carbocycles. The van der Waals surface area contributed by atoms with Crippen molar-refractivity contribution in [2.45, 2.75) is 0 Å². The Balaban J connectivity index is 1.27. The molecule has 242 valence electrons. The highest BCUT2D eigenvalue weighted by Gasteiger charge is 2.22. The van der Waals surface area contributed by atoms with Crippen molar-refractivity contribution in [1.82, 2.24) is 19.1 Å². The lowest BCUT2D eigenvalue weighted by Gasteiger charge is -2.14. The fourth-order valence-corrected chi connectivity index (χ4v) is 8.18. The van der Waals surface area contributed by atoms with Crippen molar-refractivity contribution >= 4 is 65.3 Å². The normalized spacial score (nSPS) is 11.8. The number of aromatic nitrogens is 4. The van der Waals surface area contributed by atoms with Gasteiger partial charge < -0.3 is 4.57 Å².